The lowest BCUT2D eigenvalue weighted by Crippen LogP contribution is -2.34. The molecule has 0 atom stereocenters. The van der Waals surface area contributed by atoms with Gasteiger partial charge in [-0.15, -0.1) is 11.3 Å². The molecular formula is C20H23N3O4S2. The van der Waals surface area contributed by atoms with Gasteiger partial charge in [-0.3, -0.25) is 14.9 Å². The minimum Gasteiger partial charge on any atom is -0.490 e. The number of primary amides is 1. The molecule has 4 N–H and O–H groups in total. The number of carbonyl (C=O) groups excluding carboxylic acids is 2. The summed E-state index contributed by atoms with van der Waals surface area (Å²) in [5.41, 5.74) is 7.43. The zero-order valence-electron chi connectivity index (χ0n) is 16.1. The lowest BCUT2D eigenvalue weighted by molar-refractivity contribution is 0.0968. The monoisotopic (exact) mass is 433 g/mol. The van der Waals surface area contributed by atoms with Crippen molar-refractivity contribution in [2.45, 2.75) is 25.7 Å². The summed E-state index contributed by atoms with van der Waals surface area (Å²) in [7, 11) is 1.58. The molecule has 29 heavy (non-hydrogen) atoms. The second-order valence-corrected chi connectivity index (χ2v) is 8.04. The standard InChI is InChI=1S/C20H23N3O4S2/c1-26-10-11-27-14-8-4-2-6-12(14)18(25)22-20(28)23-19-16(17(21)24)13-7-3-5-9-15(13)29-19/h2,4,6,8H,3,5,7,9-11H2,1H3,(H2,21,24)(H2,22,23,25,28). The van der Waals surface area contributed by atoms with Crippen LogP contribution in [0.2, 0.25) is 0 Å². The number of nitrogens with two attached hydrogens (primary N) is 1. The van der Waals surface area contributed by atoms with Gasteiger partial charge in [-0.2, -0.15) is 0 Å². The number of thiophene rings is 1. The molecule has 154 valence electrons. The Bertz CT molecular complexity index is 926. The van der Waals surface area contributed by atoms with Crippen LogP contribution in [0.4, 0.5) is 5.00 Å². The number of anilines is 1. The fourth-order valence-corrected chi connectivity index (χ4v) is 4.79. The Hall–Kier alpha value is -2.49. The molecule has 2 aromatic rings. The van der Waals surface area contributed by atoms with Crippen LogP contribution >= 0.6 is 23.6 Å². The van der Waals surface area contributed by atoms with Crippen molar-refractivity contribution in [2.24, 2.45) is 5.73 Å². The van der Waals surface area contributed by atoms with Crippen molar-refractivity contribution in [2.75, 3.05) is 25.6 Å². The number of nitrogens with one attached hydrogen (secondary N) is 2. The van der Waals surface area contributed by atoms with E-state index in [2.05, 4.69) is 10.6 Å². The second kappa shape index (κ2) is 9.82. The van der Waals surface area contributed by atoms with Crippen LogP contribution in [0.3, 0.4) is 0 Å². The Kier molecular flexibility index (Phi) is 7.18. The summed E-state index contributed by atoms with van der Waals surface area (Å²) in [6.07, 6.45) is 3.88. The van der Waals surface area contributed by atoms with E-state index in [0.717, 1.165) is 36.1 Å². The van der Waals surface area contributed by atoms with E-state index < -0.39 is 11.8 Å². The number of carbonyl (C=O) groups is 2. The third kappa shape index (κ3) is 5.11. The minimum atomic E-state index is -0.488. The molecule has 2 amide bonds. The molecule has 0 aliphatic heterocycles. The first-order valence-corrected chi connectivity index (χ1v) is 10.5. The summed E-state index contributed by atoms with van der Waals surface area (Å²) in [5, 5.41) is 6.31. The van der Waals surface area contributed by atoms with Crippen molar-refractivity contribution in [1.29, 1.82) is 0 Å². The predicted octanol–water partition coefficient (Wildman–Crippen LogP) is 2.88. The first-order chi connectivity index (χ1) is 14.0. The number of rotatable bonds is 7. The topological polar surface area (TPSA) is 103 Å². The Morgan fingerprint density at radius 3 is 2.72 bits per heavy atom. The minimum absolute atomic E-state index is 0.0998. The highest BCUT2D eigenvalue weighted by molar-refractivity contribution is 7.80. The molecule has 1 aliphatic carbocycles. The number of hydrogen-bond donors (Lipinski definition) is 3. The number of fused-ring (bicyclic) bond motifs is 1. The smallest absolute Gasteiger partial charge is 0.261 e. The van der Waals surface area contributed by atoms with Gasteiger partial charge in [0.15, 0.2) is 5.11 Å². The fraction of sp³-hybridized carbons (Fsp3) is 0.350. The average Bonchev–Trinajstić information content (AvgIpc) is 3.06. The molecule has 9 heteroatoms. The third-order valence-corrected chi connectivity index (χ3v) is 5.96. The zero-order chi connectivity index (χ0) is 20.8. The normalized spacial score (nSPS) is 12.7. The van der Waals surface area contributed by atoms with Crippen molar-refractivity contribution in [3.05, 3.63) is 45.8 Å². The molecule has 1 heterocycles. The van der Waals surface area contributed by atoms with E-state index in [1.165, 1.54) is 11.3 Å². The summed E-state index contributed by atoms with van der Waals surface area (Å²) in [5.74, 6) is -0.454. The number of para-hydroxylation sites is 1. The molecule has 7 nitrogen and oxygen atoms in total. The van der Waals surface area contributed by atoms with Gasteiger partial charge in [0, 0.05) is 12.0 Å². The number of thiocarbonyl (C=S) groups is 1. The first kappa shape index (κ1) is 21.2. The quantitative estimate of drug-likeness (QED) is 0.458. The van der Waals surface area contributed by atoms with Gasteiger partial charge in [0.05, 0.1) is 17.7 Å². The largest absolute Gasteiger partial charge is 0.490 e. The molecule has 0 saturated heterocycles. The Morgan fingerprint density at radius 1 is 1.21 bits per heavy atom. The van der Waals surface area contributed by atoms with Gasteiger partial charge in [-0.25, -0.2) is 0 Å². The summed E-state index contributed by atoms with van der Waals surface area (Å²) in [4.78, 5) is 25.8. The van der Waals surface area contributed by atoms with Crippen molar-refractivity contribution in [3.63, 3.8) is 0 Å². The molecule has 1 aromatic carbocycles. The van der Waals surface area contributed by atoms with Crippen LogP contribution in [-0.2, 0) is 17.6 Å². The average molecular weight is 434 g/mol. The summed E-state index contributed by atoms with van der Waals surface area (Å²) in [6, 6.07) is 6.89. The number of benzene rings is 1. The highest BCUT2D eigenvalue weighted by Gasteiger charge is 2.25. The zero-order valence-corrected chi connectivity index (χ0v) is 17.7. The van der Waals surface area contributed by atoms with Crippen molar-refractivity contribution >= 4 is 45.5 Å². The number of hydrogen-bond acceptors (Lipinski definition) is 6. The Labute approximate surface area is 178 Å². The molecule has 0 saturated carbocycles. The van der Waals surface area contributed by atoms with Crippen LogP contribution < -0.4 is 21.1 Å². The van der Waals surface area contributed by atoms with Gasteiger partial charge in [-0.1, -0.05) is 12.1 Å². The number of methoxy groups -OCH3 is 1. The van der Waals surface area contributed by atoms with E-state index in [1.54, 1.807) is 31.4 Å². The highest BCUT2D eigenvalue weighted by atomic mass is 32.1. The van der Waals surface area contributed by atoms with Crippen molar-refractivity contribution < 1.29 is 19.1 Å². The predicted molar refractivity (Wildman–Crippen MR) is 117 cm³/mol. The number of amides is 2. The Balaban J connectivity index is 1.71. The number of aryl methyl sites for hydroxylation is 1. The van der Waals surface area contributed by atoms with Gasteiger partial charge in [0.25, 0.3) is 11.8 Å². The van der Waals surface area contributed by atoms with Crippen LogP contribution in [0.5, 0.6) is 5.75 Å². The van der Waals surface area contributed by atoms with Gasteiger partial charge < -0.3 is 20.5 Å². The summed E-state index contributed by atoms with van der Waals surface area (Å²) < 4.78 is 10.6. The molecule has 3 rings (SSSR count). The molecule has 0 unspecified atom stereocenters. The molecule has 1 aromatic heterocycles. The van der Waals surface area contributed by atoms with Gasteiger partial charge in [0.2, 0.25) is 0 Å². The molecular weight excluding hydrogens is 410 g/mol. The van der Waals surface area contributed by atoms with Crippen LogP contribution in [0, 0.1) is 0 Å². The van der Waals surface area contributed by atoms with E-state index in [0.29, 0.717) is 35.1 Å². The lowest BCUT2D eigenvalue weighted by Gasteiger charge is -2.13. The number of ether oxygens (including phenoxy) is 2. The van der Waals surface area contributed by atoms with Crippen LogP contribution in [0.15, 0.2) is 24.3 Å². The molecule has 1 aliphatic rings. The van der Waals surface area contributed by atoms with Crippen LogP contribution in [0.25, 0.3) is 0 Å². The van der Waals surface area contributed by atoms with Gasteiger partial charge in [0.1, 0.15) is 17.4 Å². The second-order valence-electron chi connectivity index (χ2n) is 6.52. The van der Waals surface area contributed by atoms with E-state index in [-0.39, 0.29) is 5.11 Å². The van der Waals surface area contributed by atoms with Crippen molar-refractivity contribution in [1.82, 2.24) is 5.32 Å². The van der Waals surface area contributed by atoms with E-state index in [9.17, 15) is 9.59 Å². The maximum absolute atomic E-state index is 12.7. The molecule has 0 fully saturated rings. The summed E-state index contributed by atoms with van der Waals surface area (Å²) >= 11 is 6.77. The Morgan fingerprint density at radius 2 is 1.97 bits per heavy atom. The lowest BCUT2D eigenvalue weighted by atomic mass is 9.95. The molecule has 0 spiro atoms. The summed E-state index contributed by atoms with van der Waals surface area (Å²) in [6.45, 7) is 0.737. The fourth-order valence-electron chi connectivity index (χ4n) is 3.23. The molecule has 0 radical (unpaired) electrons. The van der Waals surface area contributed by atoms with E-state index in [1.807, 2.05) is 0 Å². The van der Waals surface area contributed by atoms with Crippen molar-refractivity contribution in [3.8, 4) is 5.75 Å². The van der Waals surface area contributed by atoms with E-state index in [4.69, 9.17) is 27.4 Å². The van der Waals surface area contributed by atoms with Gasteiger partial charge in [-0.05, 0) is 55.6 Å². The maximum Gasteiger partial charge on any atom is 0.261 e. The van der Waals surface area contributed by atoms with Gasteiger partial charge >= 0.3 is 0 Å². The van der Waals surface area contributed by atoms with E-state index >= 15 is 0 Å². The first-order valence-electron chi connectivity index (χ1n) is 9.28. The van der Waals surface area contributed by atoms with Crippen LogP contribution in [0.1, 0.15) is 44.0 Å². The van der Waals surface area contributed by atoms with Crippen LogP contribution in [-0.4, -0.2) is 37.3 Å². The third-order valence-electron chi connectivity index (χ3n) is 4.55. The molecule has 0 bridgehead atoms. The SMILES string of the molecule is COCCOc1ccccc1C(=O)NC(=S)Nc1sc2c(c1C(N)=O)CCCC2. The highest BCUT2D eigenvalue weighted by Crippen LogP contribution is 2.37. The maximum atomic E-state index is 12.7.